The minimum absolute atomic E-state index is 0.115. The fourth-order valence-corrected chi connectivity index (χ4v) is 9.06. The Kier molecular flexibility index (Phi) is 6.37. The van der Waals surface area contributed by atoms with Gasteiger partial charge in [0, 0.05) is 43.6 Å². The predicted octanol–water partition coefficient (Wildman–Crippen LogP) is 6.66. The number of anilines is 1. The second-order valence-electron chi connectivity index (χ2n) is 12.4. The lowest BCUT2D eigenvalue weighted by molar-refractivity contribution is -0.174. The van der Waals surface area contributed by atoms with Crippen LogP contribution in [0.15, 0.2) is 47.1 Å². The summed E-state index contributed by atoms with van der Waals surface area (Å²) in [7, 11) is 1.81. The normalized spacial score (nSPS) is 35.4. The molecule has 3 fully saturated rings. The van der Waals surface area contributed by atoms with Crippen molar-refractivity contribution in [1.82, 2.24) is 5.06 Å². The Morgan fingerprint density at radius 3 is 2.51 bits per heavy atom. The molecular weight excluding hydrogens is 456 g/mol. The Bertz CT molecular complexity index is 1190. The van der Waals surface area contributed by atoms with E-state index in [-0.39, 0.29) is 5.41 Å². The molecule has 1 aromatic carbocycles. The minimum Gasteiger partial charge on any atom is -0.372 e. The number of carbonyl (C=O) groups excluding carboxylic acids is 1. The van der Waals surface area contributed by atoms with Crippen molar-refractivity contribution >= 4 is 11.5 Å². The van der Waals surface area contributed by atoms with Crippen LogP contribution in [0.2, 0.25) is 0 Å². The zero-order valence-corrected chi connectivity index (χ0v) is 22.9. The van der Waals surface area contributed by atoms with E-state index in [0.717, 1.165) is 51.6 Å². The van der Waals surface area contributed by atoms with Gasteiger partial charge in [0.15, 0.2) is 5.78 Å². The molecule has 1 saturated heterocycles. The number of fused-ring (bicyclic) bond motifs is 4. The summed E-state index contributed by atoms with van der Waals surface area (Å²) in [6.07, 6.45) is 12.5. The molecule has 0 amide bonds. The first kappa shape index (κ1) is 25.0. The lowest BCUT2D eigenvalue weighted by atomic mass is 9.50. The maximum Gasteiger partial charge on any atom is 0.156 e. The number of piperidine rings is 1. The molecule has 1 aliphatic heterocycles. The van der Waals surface area contributed by atoms with Crippen LogP contribution in [0.5, 0.6) is 0 Å². The molecule has 2 saturated carbocycles. The molecule has 0 unspecified atom stereocenters. The topological polar surface area (TPSA) is 43.8 Å². The number of benzene rings is 1. The van der Waals surface area contributed by atoms with Crippen molar-refractivity contribution in [3.63, 3.8) is 0 Å². The van der Waals surface area contributed by atoms with Crippen molar-refractivity contribution in [2.45, 2.75) is 89.5 Å². The summed E-state index contributed by atoms with van der Waals surface area (Å²) in [4.78, 5) is 14.9. The molecule has 4 heteroatoms. The fourth-order valence-electron chi connectivity index (χ4n) is 9.06. The highest BCUT2D eigenvalue weighted by Gasteiger charge is 2.64. The van der Waals surface area contributed by atoms with Crippen LogP contribution in [0.4, 0.5) is 5.69 Å². The van der Waals surface area contributed by atoms with Gasteiger partial charge in [0.2, 0.25) is 0 Å². The molecule has 196 valence electrons. The first-order chi connectivity index (χ1) is 17.9. The molecule has 4 nitrogen and oxygen atoms in total. The summed E-state index contributed by atoms with van der Waals surface area (Å²) in [5, 5.41) is 12.5. The van der Waals surface area contributed by atoms with Crippen molar-refractivity contribution in [1.29, 1.82) is 0 Å². The third-order valence-corrected chi connectivity index (χ3v) is 10.8. The van der Waals surface area contributed by atoms with Crippen LogP contribution < -0.4 is 4.90 Å². The number of allylic oxidation sites excluding steroid dienone is 4. The van der Waals surface area contributed by atoms with E-state index in [2.05, 4.69) is 47.9 Å². The summed E-state index contributed by atoms with van der Waals surface area (Å²) in [5.41, 5.74) is 6.49. The summed E-state index contributed by atoms with van der Waals surface area (Å²) >= 11 is 0. The molecule has 4 aliphatic carbocycles. The molecule has 1 N–H and O–H groups in total. The van der Waals surface area contributed by atoms with E-state index in [0.29, 0.717) is 30.0 Å². The molecule has 37 heavy (non-hydrogen) atoms. The lowest BCUT2D eigenvalue weighted by Gasteiger charge is -2.56. The van der Waals surface area contributed by atoms with Gasteiger partial charge in [0.1, 0.15) is 5.54 Å². The number of hydrogen-bond donors (Lipinski definition) is 1. The van der Waals surface area contributed by atoms with Gasteiger partial charge in [-0.05, 0) is 111 Å². The molecule has 1 heterocycles. The van der Waals surface area contributed by atoms with Gasteiger partial charge in [-0.2, -0.15) is 5.06 Å². The molecule has 1 aromatic rings. The number of hydroxylamine groups is 2. The number of nitrogens with zero attached hydrogens (tertiary/aromatic N) is 2. The Morgan fingerprint density at radius 1 is 1.05 bits per heavy atom. The van der Waals surface area contributed by atoms with E-state index >= 15 is 0 Å². The quantitative estimate of drug-likeness (QED) is 0.374. The van der Waals surface area contributed by atoms with E-state index in [1.807, 2.05) is 20.0 Å². The van der Waals surface area contributed by atoms with E-state index < -0.39 is 5.54 Å². The fraction of sp³-hybridized carbons (Fsp3) is 0.606. The Labute approximate surface area is 222 Å². The van der Waals surface area contributed by atoms with Crippen LogP contribution in [-0.2, 0) is 4.79 Å². The van der Waals surface area contributed by atoms with Crippen LogP contribution in [0, 0.1) is 29.1 Å². The number of rotatable bonds is 3. The first-order valence-electron chi connectivity index (χ1n) is 14.6. The van der Waals surface area contributed by atoms with Crippen LogP contribution in [0.1, 0.15) is 89.5 Å². The third kappa shape index (κ3) is 3.84. The summed E-state index contributed by atoms with van der Waals surface area (Å²) in [6, 6.07) is 9.43. The highest BCUT2D eigenvalue weighted by atomic mass is 16.5. The van der Waals surface area contributed by atoms with Gasteiger partial charge in [-0.3, -0.25) is 4.79 Å². The van der Waals surface area contributed by atoms with Crippen molar-refractivity contribution in [3.05, 3.63) is 52.6 Å². The van der Waals surface area contributed by atoms with E-state index in [1.165, 1.54) is 46.7 Å². The van der Waals surface area contributed by atoms with Gasteiger partial charge in [-0.25, -0.2) is 0 Å². The molecule has 0 bridgehead atoms. The van der Waals surface area contributed by atoms with Gasteiger partial charge in [0.25, 0.3) is 0 Å². The smallest absolute Gasteiger partial charge is 0.156 e. The average molecular weight is 499 g/mol. The largest absolute Gasteiger partial charge is 0.372 e. The number of carbonyl (C=O) groups is 1. The number of ketones is 1. The van der Waals surface area contributed by atoms with Crippen LogP contribution in [-0.4, -0.2) is 41.7 Å². The maximum atomic E-state index is 12.3. The molecule has 0 spiro atoms. The molecule has 6 rings (SSSR count). The summed E-state index contributed by atoms with van der Waals surface area (Å²) in [5.74, 6) is 8.30. The minimum atomic E-state index is -0.521. The van der Waals surface area contributed by atoms with E-state index in [4.69, 9.17) is 0 Å². The van der Waals surface area contributed by atoms with Gasteiger partial charge in [-0.1, -0.05) is 30.6 Å². The Morgan fingerprint density at radius 2 is 1.81 bits per heavy atom. The summed E-state index contributed by atoms with van der Waals surface area (Å²) < 4.78 is 0. The van der Waals surface area contributed by atoms with Crippen molar-refractivity contribution in [3.8, 4) is 11.8 Å². The second-order valence-corrected chi connectivity index (χ2v) is 12.4. The van der Waals surface area contributed by atoms with Gasteiger partial charge >= 0.3 is 0 Å². The highest BCUT2D eigenvalue weighted by molar-refractivity contribution is 5.93. The molecule has 5 aliphatic rings. The first-order valence-corrected chi connectivity index (χ1v) is 14.6. The number of hydrogen-bond acceptors (Lipinski definition) is 4. The van der Waals surface area contributed by atoms with Crippen LogP contribution in [0.3, 0.4) is 0 Å². The van der Waals surface area contributed by atoms with Crippen molar-refractivity contribution < 1.29 is 10.0 Å². The highest BCUT2D eigenvalue weighted by Crippen LogP contribution is 2.67. The standard InChI is InChI=1S/C33H42N2O2/c1-4-17-33(34(3)37)18-16-30-28-14-10-24-21-26(36)13-15-27(24)31(28)29(22-32(30,33)2)23-8-11-25(12-9-23)35-19-6-5-7-20-35/h8-9,11-12,21,28-30,37H,5-7,10,13-16,18-20,22H2,1-3H3/t28-,29+,30-,32-,33-/m0/s1. The summed E-state index contributed by atoms with van der Waals surface area (Å²) in [6.45, 7) is 6.63. The zero-order chi connectivity index (χ0) is 25.8. The van der Waals surface area contributed by atoms with Crippen LogP contribution in [0.25, 0.3) is 0 Å². The molecular formula is C33H42N2O2. The zero-order valence-electron chi connectivity index (χ0n) is 22.9. The monoisotopic (exact) mass is 498 g/mol. The maximum absolute atomic E-state index is 12.3. The molecule has 0 radical (unpaired) electrons. The van der Waals surface area contributed by atoms with E-state index in [9.17, 15) is 10.0 Å². The van der Waals surface area contributed by atoms with Gasteiger partial charge in [0.05, 0.1) is 0 Å². The SMILES string of the molecule is CC#C[C@]1(N(C)O)CC[C@H]2[C@@H]3CCC4=CC(=O)CCC4=C3[C@@H](c3ccc(N4CCCCC4)cc3)C[C@@]21C. The van der Waals surface area contributed by atoms with Gasteiger partial charge < -0.3 is 10.1 Å². The second kappa shape index (κ2) is 9.44. The van der Waals surface area contributed by atoms with E-state index in [1.54, 1.807) is 5.57 Å². The Balaban J connectivity index is 1.46. The lowest BCUT2D eigenvalue weighted by Crippen LogP contribution is -2.57. The third-order valence-electron chi connectivity index (χ3n) is 10.8. The average Bonchev–Trinajstić information content (AvgIpc) is 3.21. The Hall–Kier alpha value is -2.35. The predicted molar refractivity (Wildman–Crippen MR) is 148 cm³/mol. The molecule has 5 atom stereocenters. The molecule has 0 aromatic heterocycles. The van der Waals surface area contributed by atoms with Gasteiger partial charge in [-0.15, -0.1) is 5.92 Å². The van der Waals surface area contributed by atoms with Crippen LogP contribution >= 0.6 is 0 Å². The van der Waals surface area contributed by atoms with Crippen molar-refractivity contribution in [2.24, 2.45) is 17.3 Å². The van der Waals surface area contributed by atoms with Crippen molar-refractivity contribution in [2.75, 3.05) is 25.0 Å².